The number of carbonyl (C=O) groups excluding carboxylic acids is 2. The van der Waals surface area contributed by atoms with Crippen molar-refractivity contribution >= 4 is 11.9 Å². The quantitative estimate of drug-likeness (QED) is 0.519. The molecular weight excluding hydrogens is 364 g/mol. The van der Waals surface area contributed by atoms with Crippen molar-refractivity contribution in [2.75, 3.05) is 0 Å². The molecule has 0 aromatic rings. The molecule has 8 atom stereocenters. The Morgan fingerprint density at radius 1 is 1.14 bits per heavy atom. The lowest BCUT2D eigenvalue weighted by Gasteiger charge is -2.70. The monoisotopic (exact) mass is 394 g/mol. The Morgan fingerprint density at radius 2 is 1.79 bits per heavy atom. The number of aliphatic hydroxyl groups is 2. The standard InChI is InChI=1S/C21H30O7/c1-7-18(4)10-12(23)21(25)19(5)11(22)8-9-17(2,3)14(19)13-15(20(21,6)28-18)27-16(24)26-13/h7,11,13-15,22,25H,1,8-10H2,2-6H3/t11-,13?,14-,15?,18-,19?,20+,21-/m0/s1. The molecule has 0 radical (unpaired) electrons. The summed E-state index contributed by atoms with van der Waals surface area (Å²) in [6.07, 6.45) is -0.986. The van der Waals surface area contributed by atoms with Crippen LogP contribution in [0, 0.1) is 16.7 Å². The van der Waals surface area contributed by atoms with Crippen LogP contribution in [0.2, 0.25) is 0 Å². The van der Waals surface area contributed by atoms with Crippen molar-refractivity contribution in [3.05, 3.63) is 12.7 Å². The van der Waals surface area contributed by atoms with E-state index in [0.29, 0.717) is 12.8 Å². The molecule has 3 unspecified atom stereocenters. The lowest BCUT2D eigenvalue weighted by atomic mass is 9.40. The van der Waals surface area contributed by atoms with E-state index in [2.05, 4.69) is 6.58 Å². The molecule has 0 spiro atoms. The Labute approximate surface area is 165 Å². The average Bonchev–Trinajstić information content (AvgIpc) is 2.97. The third kappa shape index (κ3) is 2.00. The molecule has 2 N–H and O–H groups in total. The number of Topliss-reactive ketones (excluding diaryl/α,β-unsaturated/α-hetero) is 1. The van der Waals surface area contributed by atoms with E-state index in [0.717, 1.165) is 0 Å². The molecule has 7 nitrogen and oxygen atoms in total. The lowest BCUT2D eigenvalue weighted by molar-refractivity contribution is -0.355. The Hall–Kier alpha value is -1.44. The van der Waals surface area contributed by atoms with Gasteiger partial charge in [-0.05, 0) is 32.1 Å². The van der Waals surface area contributed by atoms with Crippen LogP contribution in [-0.4, -0.2) is 57.3 Å². The maximum Gasteiger partial charge on any atom is 0.509 e. The summed E-state index contributed by atoms with van der Waals surface area (Å²) in [6.45, 7) is 12.8. The highest BCUT2D eigenvalue weighted by Gasteiger charge is 2.83. The fourth-order valence-electron chi connectivity index (χ4n) is 6.81. The Balaban J connectivity index is 2.00. The SMILES string of the molecule is C=C[C@@]1(C)CC(=O)[C@]2(O)C3(C)[C@@H](O)CCC(C)(C)[C@@H]3C3OC(=O)OC3[C@@]2(C)O1. The summed E-state index contributed by atoms with van der Waals surface area (Å²) in [7, 11) is 0. The van der Waals surface area contributed by atoms with Gasteiger partial charge in [-0.25, -0.2) is 4.79 Å². The first-order valence-electron chi connectivity index (χ1n) is 9.92. The zero-order valence-electron chi connectivity index (χ0n) is 17.2. The maximum absolute atomic E-state index is 13.5. The van der Waals surface area contributed by atoms with E-state index in [9.17, 15) is 19.8 Å². The fourth-order valence-corrected chi connectivity index (χ4v) is 6.81. The van der Waals surface area contributed by atoms with E-state index in [1.54, 1.807) is 20.8 Å². The summed E-state index contributed by atoms with van der Waals surface area (Å²) in [4.78, 5) is 25.7. The third-order valence-electron chi connectivity index (χ3n) is 8.16. The second-order valence-electron chi connectivity index (χ2n) is 10.2. The van der Waals surface area contributed by atoms with Gasteiger partial charge in [0, 0.05) is 17.8 Å². The molecule has 0 bridgehead atoms. The maximum atomic E-state index is 13.5. The van der Waals surface area contributed by atoms with Crippen molar-refractivity contribution in [1.29, 1.82) is 0 Å². The van der Waals surface area contributed by atoms with Crippen LogP contribution >= 0.6 is 0 Å². The number of rotatable bonds is 1. The molecule has 2 saturated carbocycles. The number of ketones is 1. The summed E-state index contributed by atoms with van der Waals surface area (Å²) >= 11 is 0. The van der Waals surface area contributed by atoms with Crippen LogP contribution in [-0.2, 0) is 19.0 Å². The van der Waals surface area contributed by atoms with Gasteiger partial charge >= 0.3 is 6.16 Å². The van der Waals surface area contributed by atoms with Crippen LogP contribution in [0.5, 0.6) is 0 Å². The van der Waals surface area contributed by atoms with Crippen molar-refractivity contribution < 1.29 is 34.0 Å². The number of hydrogen-bond donors (Lipinski definition) is 2. The summed E-state index contributed by atoms with van der Waals surface area (Å²) < 4.78 is 17.4. The molecule has 0 aromatic carbocycles. The molecule has 0 amide bonds. The number of ether oxygens (including phenoxy) is 3. The zero-order chi connectivity index (χ0) is 20.9. The van der Waals surface area contributed by atoms with E-state index in [-0.39, 0.29) is 6.42 Å². The van der Waals surface area contributed by atoms with Gasteiger partial charge in [-0.2, -0.15) is 0 Å². The molecule has 2 heterocycles. The second kappa shape index (κ2) is 5.37. The molecule has 4 fully saturated rings. The van der Waals surface area contributed by atoms with Crippen molar-refractivity contribution in [2.24, 2.45) is 16.7 Å². The van der Waals surface area contributed by atoms with Gasteiger partial charge in [-0.3, -0.25) is 4.79 Å². The van der Waals surface area contributed by atoms with E-state index in [4.69, 9.17) is 14.2 Å². The first-order chi connectivity index (χ1) is 12.8. The number of hydrogen-bond acceptors (Lipinski definition) is 7. The number of carbonyl (C=O) groups is 2. The normalized spacial score (nSPS) is 54.7. The Morgan fingerprint density at radius 3 is 2.39 bits per heavy atom. The zero-order valence-corrected chi connectivity index (χ0v) is 17.2. The minimum Gasteiger partial charge on any atom is -0.427 e. The van der Waals surface area contributed by atoms with Crippen LogP contribution < -0.4 is 0 Å². The second-order valence-corrected chi connectivity index (χ2v) is 10.2. The van der Waals surface area contributed by atoms with Crippen LogP contribution in [0.3, 0.4) is 0 Å². The topological polar surface area (TPSA) is 102 Å². The van der Waals surface area contributed by atoms with E-state index < -0.39 is 63.8 Å². The minimum atomic E-state index is -2.06. The smallest absolute Gasteiger partial charge is 0.427 e. The molecule has 2 aliphatic heterocycles. The highest BCUT2D eigenvalue weighted by Crippen LogP contribution is 2.68. The van der Waals surface area contributed by atoms with Gasteiger partial charge in [-0.1, -0.05) is 26.8 Å². The van der Waals surface area contributed by atoms with Crippen molar-refractivity contribution in [1.82, 2.24) is 0 Å². The van der Waals surface area contributed by atoms with Crippen LogP contribution in [0.1, 0.15) is 53.9 Å². The summed E-state index contributed by atoms with van der Waals surface area (Å²) in [6, 6.07) is 0. The molecule has 156 valence electrons. The number of aliphatic hydroxyl groups excluding tert-OH is 1. The summed E-state index contributed by atoms with van der Waals surface area (Å²) in [5, 5.41) is 23.3. The number of fused-ring (bicyclic) bond motifs is 6. The first kappa shape index (κ1) is 19.9. The van der Waals surface area contributed by atoms with Gasteiger partial charge in [0.1, 0.15) is 11.7 Å². The molecule has 2 saturated heterocycles. The van der Waals surface area contributed by atoms with E-state index >= 15 is 0 Å². The molecule has 4 rings (SSSR count). The highest BCUT2D eigenvalue weighted by molar-refractivity contribution is 5.92. The van der Waals surface area contributed by atoms with Crippen molar-refractivity contribution in [3.8, 4) is 0 Å². The lowest BCUT2D eigenvalue weighted by Crippen LogP contribution is -2.86. The van der Waals surface area contributed by atoms with Crippen LogP contribution in [0.15, 0.2) is 12.7 Å². The summed E-state index contributed by atoms with van der Waals surface area (Å²) in [5.41, 5.74) is -6.36. The Kier molecular flexibility index (Phi) is 3.81. The van der Waals surface area contributed by atoms with E-state index in [1.165, 1.54) is 6.08 Å². The van der Waals surface area contributed by atoms with Gasteiger partial charge < -0.3 is 24.4 Å². The van der Waals surface area contributed by atoms with Crippen molar-refractivity contribution in [2.45, 2.75) is 89.0 Å². The van der Waals surface area contributed by atoms with Crippen LogP contribution in [0.25, 0.3) is 0 Å². The molecule has 28 heavy (non-hydrogen) atoms. The Bertz CT molecular complexity index is 762. The molecule has 4 aliphatic rings. The van der Waals surface area contributed by atoms with Crippen LogP contribution in [0.4, 0.5) is 4.79 Å². The third-order valence-corrected chi connectivity index (χ3v) is 8.16. The van der Waals surface area contributed by atoms with Gasteiger partial charge in [0.05, 0.1) is 11.7 Å². The highest BCUT2D eigenvalue weighted by atomic mass is 16.8. The van der Waals surface area contributed by atoms with Gasteiger partial charge in [0.2, 0.25) is 0 Å². The fraction of sp³-hybridized carbons (Fsp3) is 0.810. The average molecular weight is 394 g/mol. The summed E-state index contributed by atoms with van der Waals surface area (Å²) in [5.74, 6) is -0.923. The van der Waals surface area contributed by atoms with Gasteiger partial charge in [-0.15, -0.1) is 6.58 Å². The van der Waals surface area contributed by atoms with Crippen molar-refractivity contribution in [3.63, 3.8) is 0 Å². The molecule has 0 aromatic heterocycles. The van der Waals surface area contributed by atoms with Gasteiger partial charge in [0.25, 0.3) is 0 Å². The minimum absolute atomic E-state index is 0.0791. The molecule has 7 heteroatoms. The van der Waals surface area contributed by atoms with Gasteiger partial charge in [0.15, 0.2) is 17.5 Å². The van der Waals surface area contributed by atoms with E-state index in [1.807, 2.05) is 13.8 Å². The molecular formula is C21H30O7. The predicted octanol–water partition coefficient (Wildman–Crippen LogP) is 2.13. The first-order valence-corrected chi connectivity index (χ1v) is 9.92. The molecule has 2 aliphatic carbocycles. The largest absolute Gasteiger partial charge is 0.509 e. The predicted molar refractivity (Wildman–Crippen MR) is 98.4 cm³/mol.